The Morgan fingerprint density at radius 1 is 0.284 bits per heavy atom. The fourth-order valence-corrected chi connectivity index (χ4v) is 15.7. The molecule has 50 heteroatoms. The molecular weight excluding hydrogens is 2710 g/mol. The molecule has 16 aromatic heterocycles. The van der Waals surface area contributed by atoms with Crippen molar-refractivity contribution in [2.45, 2.75) is 57.9 Å². The molecule has 0 amide bonds. The van der Waals surface area contributed by atoms with Crippen molar-refractivity contribution in [2.75, 3.05) is 0 Å². The second-order valence-corrected chi connectivity index (χ2v) is 31.2. The van der Waals surface area contributed by atoms with Gasteiger partial charge in [0, 0.05) is 22.8 Å². The molecule has 0 saturated heterocycles. The molecule has 0 fully saturated rings. The summed E-state index contributed by atoms with van der Waals surface area (Å²) in [5, 5.41) is 39.0. The molecule has 0 bridgehead atoms. The maximum Gasteiger partial charge on any atom is 2.00 e. The number of fused-ring (bicyclic) bond motifs is 3. The number of halogens is 18. The topological polar surface area (TPSA) is 283 Å². The zero-order chi connectivity index (χ0) is 101. The first-order chi connectivity index (χ1) is 69.0. The van der Waals surface area contributed by atoms with Crippen molar-refractivity contribution in [3.8, 4) is 75.5 Å². The minimum Gasteiger partial charge on any atom is -0.423 e. The number of alkyl halides is 18. The van der Waals surface area contributed by atoms with Gasteiger partial charge in [-0.15, -0.1) is 42.5 Å². The molecule has 0 atom stereocenters. The van der Waals surface area contributed by atoms with Gasteiger partial charge in [0.15, 0.2) is 0 Å². The molecule has 20 aromatic rings. The summed E-state index contributed by atoms with van der Waals surface area (Å²) < 4.78 is 250. The van der Waals surface area contributed by atoms with Crippen LogP contribution in [0.2, 0.25) is 0 Å². The van der Waals surface area contributed by atoms with E-state index in [0.29, 0.717) is 79.5 Å². The quantitative estimate of drug-likeness (QED) is 0.0570. The molecule has 16 heterocycles. The molecule has 750 valence electrons. The second-order valence-electron chi connectivity index (χ2n) is 30.1. The number of pyridine rings is 8. The number of hydrogen-bond acceptors (Lipinski definition) is 19. The SMILES string of the molecule is FC(F)(F)c1c[c-]n(-c2cccc(C(c3ccccc3)(c3ccccc3)c3cccc(-n4[c-]cc(C(F)(F)F)n4)n3)n2)n1.FC(F)(F)c1c[c-]n(-c2cccc(C3(c4cccc(-n5[c-]cc(C(F)(F)F)n5)n4)c4ccccc4-c4ccccc43)n2)n1.FC(F)(F)c1c[c-]n(-c2cccc(Sc3cccc(-n4[c-]cc(C(F)(F)F)n4)n3)n2)n1.[C-]#[N+]c1c[c-]n(-c2cccc(Oc3cccc(-n4[c-]cc(C#N)n4)n3)n2)n1.[Pt+2].[Pt+2].[Pt+2].[Pt+2]. The zero-order valence-corrected chi connectivity index (χ0v) is 83.3. The molecule has 27 nitrogen and oxygen atoms in total. The van der Waals surface area contributed by atoms with Crippen molar-refractivity contribution in [1.82, 2.24) is 118 Å². The number of rotatable bonds is 18. The molecule has 1 aliphatic carbocycles. The Labute approximate surface area is 885 Å². The smallest absolute Gasteiger partial charge is 0.423 e. The van der Waals surface area contributed by atoms with Crippen LogP contribution in [0.3, 0.4) is 0 Å². The van der Waals surface area contributed by atoms with Gasteiger partial charge in [-0.3, -0.25) is 70.5 Å². The minimum absolute atomic E-state index is 0. The standard InChI is InChI=1S/C31H16F6N6.C31H18F6N6.C18H8F6N6S.C18H8N8O.4Pt/c32-30(33,34)25-15-17-42(40-25)27-13-5-11-23(38-27)29(21-9-3-1-7-19(21)20-8-2-4-10-22(20)29)24-12-6-14-28(39-24)43-18-16-26(41-43)31(35,36)37;32-30(33,34)25-17-19-42(40-25)27-15-7-13-23(38-27)29(21-9-3-1-4-10-21,22-11-5-2-6-12-22)24-14-8-16-28(39-24)43-20-18-26(41-43)31(35,36)37;19-17(20,21)11-7-9-29(27-11)13-3-1-5-15(25-13)31-16-6-2-4-14(26-16)30-10-8-12(28-30)18(22,23)24;1-20-14-9-11-26(24-14)16-5-3-7-18(22-16)27-17-6-2-4-15(21-17)25-10-8-13(12-19)23-25;;;;/h1-16H;1-18H;1-8H;2-9H;;;;/q4*-2;4*+2. The van der Waals surface area contributed by atoms with E-state index in [1.807, 2.05) is 115 Å². The van der Waals surface area contributed by atoms with Crippen molar-refractivity contribution in [2.24, 2.45) is 0 Å². The molecule has 4 aromatic carbocycles. The van der Waals surface area contributed by atoms with Crippen molar-refractivity contribution in [1.29, 1.82) is 5.26 Å². The van der Waals surface area contributed by atoms with E-state index in [0.717, 1.165) is 86.4 Å². The molecule has 0 saturated carbocycles. The van der Waals surface area contributed by atoms with E-state index in [9.17, 15) is 79.0 Å². The number of ether oxygens (including phenoxy) is 1. The Morgan fingerprint density at radius 2 is 0.561 bits per heavy atom. The van der Waals surface area contributed by atoms with Gasteiger partial charge in [0.25, 0.3) is 0 Å². The van der Waals surface area contributed by atoms with Crippen LogP contribution in [-0.2, 0) is 132 Å². The van der Waals surface area contributed by atoms with Crippen LogP contribution in [-0.4, -0.2) is 118 Å². The summed E-state index contributed by atoms with van der Waals surface area (Å²) >= 11 is 1.05. The normalized spacial score (nSPS) is 12.1. The van der Waals surface area contributed by atoms with E-state index >= 15 is 0 Å². The molecule has 21 rings (SSSR count). The maximum absolute atomic E-state index is 13.3. The summed E-state index contributed by atoms with van der Waals surface area (Å²) in [6.45, 7) is 6.96. The van der Waals surface area contributed by atoms with Gasteiger partial charge >= 0.3 is 127 Å². The van der Waals surface area contributed by atoms with Gasteiger partial charge < -0.3 is 42.4 Å². The maximum atomic E-state index is 13.3. The average Bonchev–Trinajstić information content (AvgIpc) is 1.52. The Bertz CT molecular complexity index is 7490. The molecular formula is C98H50F18N26OPt4S. The minimum atomic E-state index is -4.67. The van der Waals surface area contributed by atoms with Gasteiger partial charge in [0.05, 0.1) is 103 Å². The van der Waals surface area contributed by atoms with Crippen LogP contribution in [0.5, 0.6) is 11.8 Å². The van der Waals surface area contributed by atoms with E-state index in [-0.39, 0.29) is 131 Å². The zero-order valence-electron chi connectivity index (χ0n) is 73.4. The number of nitriles is 1. The summed E-state index contributed by atoms with van der Waals surface area (Å²) in [7, 11) is 0. The largest absolute Gasteiger partial charge is 2.00 e. The predicted molar refractivity (Wildman–Crippen MR) is 469 cm³/mol. The van der Waals surface area contributed by atoms with E-state index in [4.69, 9.17) is 36.5 Å². The van der Waals surface area contributed by atoms with Gasteiger partial charge in [-0.25, -0.2) is 15.0 Å². The summed E-state index contributed by atoms with van der Waals surface area (Å²) in [6, 6.07) is 81.6. The number of benzene rings is 4. The molecule has 0 aliphatic heterocycles. The molecule has 148 heavy (non-hydrogen) atoms. The van der Waals surface area contributed by atoms with Gasteiger partial charge in [-0.1, -0.05) is 268 Å². The first-order valence-corrected chi connectivity index (χ1v) is 42.3. The molecule has 1 aliphatic rings. The fourth-order valence-electron chi connectivity index (χ4n) is 14.9. The van der Waals surface area contributed by atoms with Crippen molar-refractivity contribution in [3.05, 3.63) is 449 Å². The van der Waals surface area contributed by atoms with Crippen LogP contribution in [0.1, 0.15) is 84.9 Å². The van der Waals surface area contributed by atoms with Crippen LogP contribution in [0, 0.1) is 67.5 Å². The number of nitrogens with zero attached hydrogens (tertiary/aromatic N) is 26. The summed E-state index contributed by atoms with van der Waals surface area (Å²) in [6.07, 6.45) is -7.62. The van der Waals surface area contributed by atoms with E-state index in [2.05, 4.69) is 115 Å². The van der Waals surface area contributed by atoms with Crippen LogP contribution in [0.25, 0.3) is 62.5 Å². The van der Waals surface area contributed by atoms with Gasteiger partial charge in [-0.05, 0) is 99.3 Å². The average molecular weight is 2760 g/mol. The molecule has 0 radical (unpaired) electrons. The Morgan fingerprint density at radius 3 is 0.878 bits per heavy atom. The van der Waals surface area contributed by atoms with E-state index in [1.54, 1.807) is 109 Å². The Balaban J connectivity index is 0.000000157. The van der Waals surface area contributed by atoms with Crippen molar-refractivity contribution in [3.63, 3.8) is 0 Å². The first kappa shape index (κ1) is 108. The van der Waals surface area contributed by atoms with Crippen LogP contribution in [0.4, 0.5) is 84.8 Å². The van der Waals surface area contributed by atoms with Gasteiger partial charge in [0.1, 0.15) is 10.8 Å². The molecule has 0 N–H and O–H groups in total. The third-order valence-corrected chi connectivity index (χ3v) is 21.9. The van der Waals surface area contributed by atoms with Crippen LogP contribution in [0.15, 0.2) is 313 Å². The second kappa shape index (κ2) is 44.4. The van der Waals surface area contributed by atoms with Crippen LogP contribution >= 0.6 is 11.8 Å². The summed E-state index contributed by atoms with van der Waals surface area (Å²) in [5.41, 5.74) is -2.68. The van der Waals surface area contributed by atoms with Crippen molar-refractivity contribution >= 4 is 17.6 Å². The van der Waals surface area contributed by atoms with Gasteiger partial charge in [0.2, 0.25) is 11.8 Å². The van der Waals surface area contributed by atoms with Crippen LogP contribution < -0.4 is 4.74 Å². The van der Waals surface area contributed by atoms with E-state index in [1.165, 1.54) is 57.9 Å². The van der Waals surface area contributed by atoms with Gasteiger partial charge in [-0.2, -0.15) is 79.0 Å². The first-order valence-electron chi connectivity index (χ1n) is 41.5. The molecule has 0 unspecified atom stereocenters. The fraction of sp³-hybridized carbons (Fsp3) is 0.0816. The van der Waals surface area contributed by atoms with Crippen molar-refractivity contribution < 1.29 is 168 Å². The number of hydrogen-bond donors (Lipinski definition) is 0. The van der Waals surface area contributed by atoms with E-state index < -0.39 is 82.1 Å². The Kier molecular flexibility index (Phi) is 32.4. The predicted octanol–water partition coefficient (Wildman–Crippen LogP) is 21.0. The summed E-state index contributed by atoms with van der Waals surface area (Å²) in [4.78, 5) is 39.4. The third kappa shape index (κ3) is 23.3. The number of aromatic nitrogens is 24. The Hall–Kier alpha value is -15.6. The molecule has 0 spiro atoms. The summed E-state index contributed by atoms with van der Waals surface area (Å²) in [5.74, 6) is 2.24. The third-order valence-electron chi connectivity index (χ3n) is 21.0. The monoisotopic (exact) mass is 2760 g/mol.